The van der Waals surface area contributed by atoms with E-state index in [0.29, 0.717) is 5.62 Å². The zero-order valence-electron chi connectivity index (χ0n) is 14.3. The molecular weight excluding hydrogens is 300 g/mol. The molecule has 0 saturated heterocycles. The number of imidazole rings is 1. The van der Waals surface area contributed by atoms with Crippen molar-refractivity contribution in [3.05, 3.63) is 81.6 Å². The minimum Gasteiger partial charge on any atom is -0.284 e. The van der Waals surface area contributed by atoms with Gasteiger partial charge in [0.1, 0.15) is 0 Å². The summed E-state index contributed by atoms with van der Waals surface area (Å²) in [5, 5.41) is 6.68. The highest BCUT2D eigenvalue weighted by atomic mass is 16.3. The summed E-state index contributed by atoms with van der Waals surface area (Å²) in [7, 11) is 0. The Labute approximate surface area is 140 Å². The Morgan fingerprint density at radius 1 is 0.708 bits per heavy atom. The maximum atomic E-state index is 10.9. The fourth-order valence-electron chi connectivity index (χ4n) is 3.24. The smallest absolute Gasteiger partial charge is 0.242 e. The van der Waals surface area contributed by atoms with Gasteiger partial charge in [0.25, 0.3) is 0 Å². The molecule has 0 fully saturated rings. The third-order valence-corrected chi connectivity index (χ3v) is 4.29. The average molecular weight is 320 g/mol. The quantitative estimate of drug-likeness (QED) is 0.530. The van der Waals surface area contributed by atoms with Crippen molar-refractivity contribution in [2.75, 3.05) is 0 Å². The molecule has 3 aromatic rings. The summed E-state index contributed by atoms with van der Waals surface area (Å²) in [6.07, 6.45) is 3.84. The zero-order valence-corrected chi connectivity index (χ0v) is 14.3. The van der Waals surface area contributed by atoms with Crippen LogP contribution >= 0.6 is 0 Å². The van der Waals surface area contributed by atoms with Crippen molar-refractivity contribution in [1.29, 1.82) is 0 Å². The van der Waals surface area contributed by atoms with Gasteiger partial charge in [0.05, 0.1) is 16.7 Å². The summed E-state index contributed by atoms with van der Waals surface area (Å²) in [5.41, 5.74) is 6.97. The van der Waals surface area contributed by atoms with Gasteiger partial charge in [0, 0.05) is 12.4 Å². The van der Waals surface area contributed by atoms with Crippen LogP contribution in [0.4, 0.5) is 0 Å². The first kappa shape index (κ1) is 15.9. The van der Waals surface area contributed by atoms with Crippen LogP contribution in [-0.4, -0.2) is 9.13 Å². The molecule has 0 radical (unpaired) electrons. The van der Waals surface area contributed by atoms with Gasteiger partial charge in [-0.2, -0.15) is 0 Å². The van der Waals surface area contributed by atoms with E-state index in [4.69, 9.17) is 0 Å². The molecule has 0 aliphatic heterocycles. The number of aryl methyl sites for hydroxylation is 4. The third kappa shape index (κ3) is 2.58. The van der Waals surface area contributed by atoms with Crippen molar-refractivity contribution in [3.63, 3.8) is 0 Å². The molecule has 1 aromatic heterocycles. The second-order valence-corrected chi connectivity index (χ2v) is 6.00. The van der Waals surface area contributed by atoms with Gasteiger partial charge in [-0.25, -0.2) is 0 Å². The highest BCUT2D eigenvalue weighted by Crippen LogP contribution is 2.20. The van der Waals surface area contributed by atoms with E-state index in [1.54, 1.807) is 0 Å². The number of hydrogen-bond acceptors (Lipinski definition) is 2. The molecule has 0 amide bonds. The molecule has 0 unspecified atom stereocenters. The summed E-state index contributed by atoms with van der Waals surface area (Å²) in [6.45, 7) is 8.18. The van der Waals surface area contributed by atoms with Crippen LogP contribution in [0.2, 0.25) is 0 Å². The number of rotatable bonds is 3. The predicted octanol–water partition coefficient (Wildman–Crippen LogP) is 4.08. The molecule has 0 aliphatic rings. The summed E-state index contributed by atoms with van der Waals surface area (Å²) in [5.74, 6) is 0. The van der Waals surface area contributed by atoms with Crippen LogP contribution in [0, 0.1) is 32.6 Å². The molecule has 0 spiro atoms. The van der Waals surface area contributed by atoms with Gasteiger partial charge in [0.15, 0.2) is 0 Å². The number of nitroso groups, excluding NO2 is 1. The summed E-state index contributed by atoms with van der Waals surface area (Å²) < 4.78 is 3.83. The zero-order chi connectivity index (χ0) is 17.3. The molecule has 0 bridgehead atoms. The van der Waals surface area contributed by atoms with Gasteiger partial charge in [-0.3, -0.25) is 9.13 Å². The molecule has 5 heteroatoms. The van der Waals surface area contributed by atoms with Crippen molar-refractivity contribution < 1.29 is 0 Å². The van der Waals surface area contributed by atoms with Gasteiger partial charge in [0.2, 0.25) is 5.62 Å². The van der Waals surface area contributed by atoms with Crippen LogP contribution < -0.4 is 5.62 Å². The highest BCUT2D eigenvalue weighted by Gasteiger charge is 2.13. The van der Waals surface area contributed by atoms with Crippen LogP contribution in [-0.2, 0) is 0 Å². The SMILES string of the molecule is Cc1cccc(C)c1-n1ccn(-c2c(C)cccc2C)c1=NN=O. The first-order chi connectivity index (χ1) is 11.5. The van der Waals surface area contributed by atoms with Crippen LogP contribution in [0.15, 0.2) is 59.2 Å². The Morgan fingerprint density at radius 2 is 1.08 bits per heavy atom. The molecule has 0 atom stereocenters. The van der Waals surface area contributed by atoms with E-state index < -0.39 is 0 Å². The monoisotopic (exact) mass is 320 g/mol. The molecule has 5 nitrogen and oxygen atoms in total. The van der Waals surface area contributed by atoms with E-state index in [1.165, 1.54) is 0 Å². The fraction of sp³-hybridized carbons (Fsp3) is 0.211. The van der Waals surface area contributed by atoms with Crippen LogP contribution in [0.25, 0.3) is 11.4 Å². The lowest BCUT2D eigenvalue weighted by Gasteiger charge is -2.13. The number of hydrogen-bond donors (Lipinski definition) is 0. The molecule has 0 aliphatic carbocycles. The molecule has 2 aromatic carbocycles. The minimum atomic E-state index is 0.486. The van der Waals surface area contributed by atoms with Gasteiger partial charge < -0.3 is 0 Å². The Morgan fingerprint density at radius 3 is 1.42 bits per heavy atom. The summed E-state index contributed by atoms with van der Waals surface area (Å²) >= 11 is 0. The van der Waals surface area contributed by atoms with Crippen LogP contribution in [0.1, 0.15) is 22.3 Å². The van der Waals surface area contributed by atoms with Gasteiger partial charge in [-0.05, 0) is 49.9 Å². The Bertz CT molecular complexity index is 867. The maximum Gasteiger partial charge on any atom is 0.242 e. The van der Waals surface area contributed by atoms with E-state index in [-0.39, 0.29) is 0 Å². The Hall–Kier alpha value is -2.95. The molecule has 0 saturated carbocycles. The molecular formula is C19H20N4O. The number of benzene rings is 2. The number of aromatic nitrogens is 2. The topological polar surface area (TPSA) is 51.6 Å². The van der Waals surface area contributed by atoms with E-state index in [0.717, 1.165) is 33.6 Å². The van der Waals surface area contributed by atoms with E-state index in [2.05, 4.69) is 10.4 Å². The highest BCUT2D eigenvalue weighted by molar-refractivity contribution is 5.49. The van der Waals surface area contributed by atoms with Crippen molar-refractivity contribution in [2.45, 2.75) is 27.7 Å². The van der Waals surface area contributed by atoms with E-state index in [9.17, 15) is 4.91 Å². The summed E-state index contributed by atoms with van der Waals surface area (Å²) in [6, 6.07) is 12.2. The molecule has 1 heterocycles. The normalized spacial score (nSPS) is 10.7. The second-order valence-electron chi connectivity index (χ2n) is 6.00. The lowest BCUT2D eigenvalue weighted by Crippen LogP contribution is -2.25. The van der Waals surface area contributed by atoms with Crippen LogP contribution in [0.3, 0.4) is 0 Å². The van der Waals surface area contributed by atoms with Crippen LogP contribution in [0.5, 0.6) is 0 Å². The van der Waals surface area contributed by atoms with Crippen molar-refractivity contribution in [1.82, 2.24) is 9.13 Å². The Kier molecular flexibility index (Phi) is 4.16. The fourth-order valence-corrected chi connectivity index (χ4v) is 3.24. The first-order valence-corrected chi connectivity index (χ1v) is 7.84. The lowest BCUT2D eigenvalue weighted by molar-refractivity contribution is 0.818. The number of para-hydroxylation sites is 2. The average Bonchev–Trinajstić information content (AvgIpc) is 2.91. The third-order valence-electron chi connectivity index (χ3n) is 4.29. The largest absolute Gasteiger partial charge is 0.284 e. The lowest BCUT2D eigenvalue weighted by atomic mass is 10.1. The van der Waals surface area contributed by atoms with Crippen molar-refractivity contribution in [2.24, 2.45) is 10.4 Å². The summed E-state index contributed by atoms with van der Waals surface area (Å²) in [4.78, 5) is 10.9. The molecule has 122 valence electrons. The predicted molar refractivity (Wildman–Crippen MR) is 95.4 cm³/mol. The number of nitrogens with zero attached hydrogens (tertiary/aromatic N) is 4. The second kappa shape index (κ2) is 6.28. The van der Waals surface area contributed by atoms with Crippen molar-refractivity contribution in [3.8, 4) is 11.4 Å². The molecule has 24 heavy (non-hydrogen) atoms. The minimum absolute atomic E-state index is 0.486. The molecule has 3 rings (SSSR count). The van der Waals surface area contributed by atoms with E-state index >= 15 is 0 Å². The first-order valence-electron chi connectivity index (χ1n) is 7.84. The van der Waals surface area contributed by atoms with Gasteiger partial charge in [-0.1, -0.05) is 41.5 Å². The Balaban J connectivity index is 2.36. The van der Waals surface area contributed by atoms with Gasteiger partial charge in [-0.15, -0.1) is 4.91 Å². The maximum absolute atomic E-state index is 10.9. The standard InChI is InChI=1S/C19H20N4O/c1-13-7-5-8-14(2)17(13)22-11-12-23(19(22)20-21-24)18-15(3)9-6-10-16(18)4/h5-12H,1-4H3. The van der Waals surface area contributed by atoms with Crippen molar-refractivity contribution >= 4 is 0 Å². The van der Waals surface area contributed by atoms with E-state index in [1.807, 2.05) is 85.6 Å². The van der Waals surface area contributed by atoms with Gasteiger partial charge >= 0.3 is 0 Å². The molecule has 0 N–H and O–H groups in total.